The maximum atomic E-state index is 12.3. The van der Waals surface area contributed by atoms with Crippen molar-refractivity contribution in [3.63, 3.8) is 0 Å². The van der Waals surface area contributed by atoms with Crippen LogP contribution in [0.25, 0.3) is 0 Å². The highest BCUT2D eigenvalue weighted by atomic mass is 16.5. The van der Waals surface area contributed by atoms with Crippen molar-refractivity contribution in [1.29, 1.82) is 0 Å². The lowest BCUT2D eigenvalue weighted by atomic mass is 10.1. The molecule has 0 radical (unpaired) electrons. The van der Waals surface area contributed by atoms with E-state index in [1.165, 1.54) is 5.56 Å². The molecule has 3 rings (SSSR count). The quantitative estimate of drug-likeness (QED) is 0.713. The molecule has 2 aromatic carbocycles. The highest BCUT2D eigenvalue weighted by Crippen LogP contribution is 2.17. The number of carbonyl (C=O) groups is 1. The molecule has 0 spiro atoms. The Bertz CT molecular complexity index is 877. The topological polar surface area (TPSA) is 76.1 Å². The Hall–Kier alpha value is -3.41. The lowest BCUT2D eigenvalue weighted by molar-refractivity contribution is 0.0946. The van der Waals surface area contributed by atoms with Gasteiger partial charge in [-0.25, -0.2) is 9.97 Å². The number of rotatable bonds is 6. The van der Waals surface area contributed by atoms with Gasteiger partial charge in [-0.05, 0) is 42.8 Å². The lowest BCUT2D eigenvalue weighted by Gasteiger charge is -2.08. The number of ether oxygens (including phenoxy) is 1. The Balaban J connectivity index is 1.63. The SMILES string of the molecule is COc1ccc(Nc2nccc(C(=O)NCc3ccc(C)cc3)n2)cc1. The maximum absolute atomic E-state index is 12.3. The van der Waals surface area contributed by atoms with Crippen LogP contribution in [0.2, 0.25) is 0 Å². The zero-order chi connectivity index (χ0) is 18.4. The molecule has 6 heteroatoms. The van der Waals surface area contributed by atoms with E-state index in [-0.39, 0.29) is 5.91 Å². The van der Waals surface area contributed by atoms with Crippen molar-refractivity contribution in [2.24, 2.45) is 0 Å². The van der Waals surface area contributed by atoms with E-state index >= 15 is 0 Å². The van der Waals surface area contributed by atoms with Crippen LogP contribution >= 0.6 is 0 Å². The summed E-state index contributed by atoms with van der Waals surface area (Å²) in [7, 11) is 1.62. The highest BCUT2D eigenvalue weighted by molar-refractivity contribution is 5.92. The molecule has 0 aliphatic heterocycles. The van der Waals surface area contributed by atoms with Crippen molar-refractivity contribution in [2.45, 2.75) is 13.5 Å². The largest absolute Gasteiger partial charge is 0.497 e. The predicted octanol–water partition coefficient (Wildman–Crippen LogP) is 3.47. The molecule has 0 fully saturated rings. The summed E-state index contributed by atoms with van der Waals surface area (Å²) in [6.45, 7) is 2.48. The van der Waals surface area contributed by atoms with Crippen LogP contribution < -0.4 is 15.4 Å². The van der Waals surface area contributed by atoms with Gasteiger partial charge in [0.1, 0.15) is 11.4 Å². The highest BCUT2D eigenvalue weighted by Gasteiger charge is 2.09. The molecule has 0 aliphatic rings. The van der Waals surface area contributed by atoms with Crippen LogP contribution in [-0.4, -0.2) is 23.0 Å². The molecule has 26 heavy (non-hydrogen) atoms. The second-order valence-corrected chi connectivity index (χ2v) is 5.79. The van der Waals surface area contributed by atoms with E-state index in [2.05, 4.69) is 20.6 Å². The number of methoxy groups -OCH3 is 1. The second-order valence-electron chi connectivity index (χ2n) is 5.79. The number of carbonyl (C=O) groups excluding carboxylic acids is 1. The van der Waals surface area contributed by atoms with Crippen molar-refractivity contribution in [2.75, 3.05) is 12.4 Å². The Labute approximate surface area is 152 Å². The average Bonchev–Trinajstić information content (AvgIpc) is 2.68. The third kappa shape index (κ3) is 4.57. The summed E-state index contributed by atoms with van der Waals surface area (Å²) >= 11 is 0. The van der Waals surface area contributed by atoms with Gasteiger partial charge in [0.2, 0.25) is 5.95 Å². The zero-order valence-corrected chi connectivity index (χ0v) is 14.7. The second kappa shape index (κ2) is 8.11. The van der Waals surface area contributed by atoms with E-state index < -0.39 is 0 Å². The van der Waals surface area contributed by atoms with E-state index in [0.717, 1.165) is 17.0 Å². The van der Waals surface area contributed by atoms with Gasteiger partial charge in [0.05, 0.1) is 7.11 Å². The molecule has 132 valence electrons. The molecule has 6 nitrogen and oxygen atoms in total. The first-order valence-corrected chi connectivity index (χ1v) is 8.22. The van der Waals surface area contributed by atoms with Gasteiger partial charge in [-0.3, -0.25) is 4.79 Å². The van der Waals surface area contributed by atoms with Crippen LogP contribution in [0, 0.1) is 6.92 Å². The van der Waals surface area contributed by atoms with Gasteiger partial charge >= 0.3 is 0 Å². The van der Waals surface area contributed by atoms with E-state index in [4.69, 9.17) is 4.74 Å². The van der Waals surface area contributed by atoms with Crippen molar-refractivity contribution in [3.8, 4) is 5.75 Å². The molecule has 0 saturated heterocycles. The Morgan fingerprint density at radius 1 is 1.04 bits per heavy atom. The number of hydrogen-bond donors (Lipinski definition) is 2. The minimum Gasteiger partial charge on any atom is -0.497 e. The number of anilines is 2. The molecule has 1 heterocycles. The smallest absolute Gasteiger partial charge is 0.270 e. The van der Waals surface area contributed by atoms with Gasteiger partial charge in [0, 0.05) is 18.4 Å². The van der Waals surface area contributed by atoms with E-state index in [1.54, 1.807) is 19.4 Å². The minimum atomic E-state index is -0.245. The molecule has 1 aromatic heterocycles. The molecular formula is C20H20N4O2. The van der Waals surface area contributed by atoms with Gasteiger partial charge in [-0.2, -0.15) is 0 Å². The van der Waals surface area contributed by atoms with Gasteiger partial charge in [-0.15, -0.1) is 0 Å². The van der Waals surface area contributed by atoms with E-state index in [1.807, 2.05) is 55.5 Å². The number of aryl methyl sites for hydroxylation is 1. The van der Waals surface area contributed by atoms with Crippen molar-refractivity contribution in [3.05, 3.63) is 77.6 Å². The minimum absolute atomic E-state index is 0.245. The summed E-state index contributed by atoms with van der Waals surface area (Å²) in [5.74, 6) is 0.879. The zero-order valence-electron chi connectivity index (χ0n) is 14.7. The number of hydrogen-bond acceptors (Lipinski definition) is 5. The van der Waals surface area contributed by atoms with E-state index in [9.17, 15) is 4.79 Å². The molecule has 0 aliphatic carbocycles. The molecule has 0 bridgehead atoms. The molecule has 0 unspecified atom stereocenters. The summed E-state index contributed by atoms with van der Waals surface area (Å²) in [5.41, 5.74) is 3.34. The fraction of sp³-hybridized carbons (Fsp3) is 0.150. The first kappa shape index (κ1) is 17.4. The van der Waals surface area contributed by atoms with Gasteiger partial charge in [0.25, 0.3) is 5.91 Å². The number of benzene rings is 2. The fourth-order valence-corrected chi connectivity index (χ4v) is 2.33. The van der Waals surface area contributed by atoms with Crippen LogP contribution in [0.3, 0.4) is 0 Å². The molecule has 0 atom stereocenters. The average molecular weight is 348 g/mol. The molecule has 1 amide bonds. The fourth-order valence-electron chi connectivity index (χ4n) is 2.33. The van der Waals surface area contributed by atoms with Crippen molar-refractivity contribution >= 4 is 17.5 Å². The van der Waals surface area contributed by atoms with Gasteiger partial charge in [0.15, 0.2) is 0 Å². The Kier molecular flexibility index (Phi) is 5.43. The van der Waals surface area contributed by atoms with Crippen LogP contribution in [0.4, 0.5) is 11.6 Å². The summed E-state index contributed by atoms with van der Waals surface area (Å²) in [6.07, 6.45) is 1.56. The first-order valence-electron chi connectivity index (χ1n) is 8.22. The number of nitrogens with one attached hydrogen (secondary N) is 2. The number of amides is 1. The van der Waals surface area contributed by atoms with Crippen LogP contribution in [0.15, 0.2) is 60.8 Å². The van der Waals surface area contributed by atoms with Crippen LogP contribution in [0.5, 0.6) is 5.75 Å². The number of aromatic nitrogens is 2. The van der Waals surface area contributed by atoms with Crippen LogP contribution in [-0.2, 0) is 6.54 Å². The maximum Gasteiger partial charge on any atom is 0.270 e. The lowest BCUT2D eigenvalue weighted by Crippen LogP contribution is -2.24. The Morgan fingerprint density at radius 2 is 1.77 bits per heavy atom. The molecule has 2 N–H and O–H groups in total. The summed E-state index contributed by atoms with van der Waals surface area (Å²) in [6, 6.07) is 17.0. The van der Waals surface area contributed by atoms with Crippen molar-refractivity contribution in [1.82, 2.24) is 15.3 Å². The standard InChI is InChI=1S/C20H20N4O2/c1-14-3-5-15(6-4-14)13-22-19(25)18-11-12-21-20(24-18)23-16-7-9-17(26-2)10-8-16/h3-12H,13H2,1-2H3,(H,22,25)(H,21,23,24). The number of nitrogens with zero attached hydrogens (tertiary/aromatic N) is 2. The van der Waals surface area contributed by atoms with Crippen LogP contribution in [0.1, 0.15) is 21.6 Å². The summed E-state index contributed by atoms with van der Waals surface area (Å²) in [5, 5.41) is 5.94. The molecule has 0 saturated carbocycles. The predicted molar refractivity (Wildman–Crippen MR) is 101 cm³/mol. The third-order valence-corrected chi connectivity index (χ3v) is 3.81. The van der Waals surface area contributed by atoms with Crippen molar-refractivity contribution < 1.29 is 9.53 Å². The monoisotopic (exact) mass is 348 g/mol. The van der Waals surface area contributed by atoms with Gasteiger partial charge in [-0.1, -0.05) is 29.8 Å². The van der Waals surface area contributed by atoms with Gasteiger partial charge < -0.3 is 15.4 Å². The third-order valence-electron chi connectivity index (χ3n) is 3.81. The first-order chi connectivity index (χ1) is 12.6. The normalized spacial score (nSPS) is 10.2. The molecular weight excluding hydrogens is 328 g/mol. The summed E-state index contributed by atoms with van der Waals surface area (Å²) < 4.78 is 5.13. The molecule has 3 aromatic rings. The summed E-state index contributed by atoms with van der Waals surface area (Å²) in [4.78, 5) is 20.8. The van der Waals surface area contributed by atoms with E-state index in [0.29, 0.717) is 18.2 Å². The Morgan fingerprint density at radius 3 is 2.46 bits per heavy atom.